The number of hydrogen-bond acceptors (Lipinski definition) is 2. The maximum Gasteiger partial charge on any atom is 0.223 e. The molecule has 1 fully saturated rings. The molecule has 0 spiro atoms. The van der Waals surface area contributed by atoms with Gasteiger partial charge in [0.1, 0.15) is 5.75 Å². The highest BCUT2D eigenvalue weighted by Crippen LogP contribution is 2.31. The van der Waals surface area contributed by atoms with Crippen LogP contribution in [0.2, 0.25) is 0 Å². The van der Waals surface area contributed by atoms with Gasteiger partial charge >= 0.3 is 0 Å². The fourth-order valence-electron chi connectivity index (χ4n) is 2.22. The third-order valence-corrected chi connectivity index (χ3v) is 3.49. The van der Waals surface area contributed by atoms with Crippen LogP contribution in [0.4, 0.5) is 0 Å². The van der Waals surface area contributed by atoms with E-state index in [1.807, 2.05) is 24.3 Å². The van der Waals surface area contributed by atoms with Gasteiger partial charge in [-0.1, -0.05) is 26.0 Å². The largest absolute Gasteiger partial charge is 0.497 e. The molecular weight excluding hydrogens is 238 g/mol. The van der Waals surface area contributed by atoms with Crippen LogP contribution in [-0.2, 0) is 4.79 Å². The molecule has 3 heteroatoms. The van der Waals surface area contributed by atoms with E-state index < -0.39 is 0 Å². The minimum Gasteiger partial charge on any atom is -0.497 e. The van der Waals surface area contributed by atoms with Crippen molar-refractivity contribution in [2.75, 3.05) is 7.11 Å². The average Bonchev–Trinajstić information content (AvgIpc) is 3.22. The molecule has 1 atom stereocenters. The second-order valence-corrected chi connectivity index (χ2v) is 5.74. The summed E-state index contributed by atoms with van der Waals surface area (Å²) in [6, 6.07) is 8.09. The first-order chi connectivity index (χ1) is 9.10. The molecular formula is C16H23NO2. The average molecular weight is 261 g/mol. The molecule has 3 nitrogen and oxygen atoms in total. The number of carbonyl (C=O) groups excluding carboxylic acids is 1. The Labute approximate surface area is 115 Å². The minimum absolute atomic E-state index is 0.110. The first kappa shape index (κ1) is 13.9. The second-order valence-electron chi connectivity index (χ2n) is 5.74. The molecule has 104 valence electrons. The number of nitrogens with one attached hydrogen (secondary N) is 1. The smallest absolute Gasteiger partial charge is 0.223 e. The standard InChI is InChI=1S/C16H23NO2/c1-11(2)10-15(17-16(18)13-4-5-13)12-6-8-14(19-3)9-7-12/h6-9,11,13,15H,4-5,10H2,1-3H3,(H,17,18). The van der Waals surface area contributed by atoms with Gasteiger partial charge in [0, 0.05) is 5.92 Å². The van der Waals surface area contributed by atoms with E-state index in [1.54, 1.807) is 7.11 Å². The quantitative estimate of drug-likeness (QED) is 0.853. The molecule has 0 radical (unpaired) electrons. The summed E-state index contributed by atoms with van der Waals surface area (Å²) in [6.07, 6.45) is 3.05. The molecule has 1 aromatic carbocycles. The van der Waals surface area contributed by atoms with Crippen molar-refractivity contribution in [3.05, 3.63) is 29.8 Å². The fourth-order valence-corrected chi connectivity index (χ4v) is 2.22. The predicted octanol–water partition coefficient (Wildman–Crippen LogP) is 3.31. The maximum atomic E-state index is 12.0. The lowest BCUT2D eigenvalue weighted by molar-refractivity contribution is -0.123. The molecule has 0 heterocycles. The monoisotopic (exact) mass is 261 g/mol. The van der Waals surface area contributed by atoms with Crippen molar-refractivity contribution < 1.29 is 9.53 Å². The molecule has 0 saturated heterocycles. The van der Waals surface area contributed by atoms with E-state index in [0.717, 1.165) is 30.6 Å². The summed E-state index contributed by atoms with van der Waals surface area (Å²) < 4.78 is 5.17. The molecule has 1 aromatic rings. The minimum atomic E-state index is 0.110. The van der Waals surface area contributed by atoms with Gasteiger partial charge in [-0.2, -0.15) is 0 Å². The van der Waals surface area contributed by atoms with Crippen LogP contribution < -0.4 is 10.1 Å². The van der Waals surface area contributed by atoms with E-state index in [1.165, 1.54) is 0 Å². The number of methoxy groups -OCH3 is 1. The Hall–Kier alpha value is -1.51. The van der Waals surface area contributed by atoms with Gasteiger partial charge in [-0.15, -0.1) is 0 Å². The van der Waals surface area contributed by atoms with E-state index in [0.29, 0.717) is 5.92 Å². The van der Waals surface area contributed by atoms with E-state index in [9.17, 15) is 4.79 Å². The summed E-state index contributed by atoms with van der Waals surface area (Å²) >= 11 is 0. The van der Waals surface area contributed by atoms with Crippen molar-refractivity contribution in [2.45, 2.75) is 39.2 Å². The van der Waals surface area contributed by atoms with E-state index in [2.05, 4.69) is 19.2 Å². The van der Waals surface area contributed by atoms with Crippen LogP contribution in [0.25, 0.3) is 0 Å². The molecule has 0 aliphatic heterocycles. The van der Waals surface area contributed by atoms with Crippen LogP contribution in [0.5, 0.6) is 5.75 Å². The Morgan fingerprint density at radius 3 is 2.42 bits per heavy atom. The zero-order chi connectivity index (χ0) is 13.8. The van der Waals surface area contributed by atoms with Gasteiger partial charge in [0.05, 0.1) is 13.2 Å². The number of hydrogen-bond donors (Lipinski definition) is 1. The molecule has 1 unspecified atom stereocenters. The Morgan fingerprint density at radius 2 is 1.95 bits per heavy atom. The Kier molecular flexibility index (Phi) is 4.46. The zero-order valence-corrected chi connectivity index (χ0v) is 12.0. The third kappa shape index (κ3) is 3.98. The van der Waals surface area contributed by atoms with E-state index in [-0.39, 0.29) is 17.9 Å². The van der Waals surface area contributed by atoms with Crippen molar-refractivity contribution in [1.82, 2.24) is 5.32 Å². The van der Waals surface area contributed by atoms with Crippen LogP contribution >= 0.6 is 0 Å². The SMILES string of the molecule is COc1ccc(C(CC(C)C)NC(=O)C2CC2)cc1. The number of amides is 1. The van der Waals surface area contributed by atoms with Gasteiger partial charge in [0.25, 0.3) is 0 Å². The van der Waals surface area contributed by atoms with Crippen LogP contribution in [0.1, 0.15) is 44.7 Å². The summed E-state index contributed by atoms with van der Waals surface area (Å²) in [5.74, 6) is 1.86. The second kappa shape index (κ2) is 6.09. The highest BCUT2D eigenvalue weighted by molar-refractivity contribution is 5.81. The topological polar surface area (TPSA) is 38.3 Å². The van der Waals surface area contributed by atoms with Crippen LogP contribution in [0.15, 0.2) is 24.3 Å². The highest BCUT2D eigenvalue weighted by Gasteiger charge is 2.31. The zero-order valence-electron chi connectivity index (χ0n) is 12.0. The van der Waals surface area contributed by atoms with Crippen LogP contribution in [0, 0.1) is 11.8 Å². The maximum absolute atomic E-state index is 12.0. The van der Waals surface area contributed by atoms with Gasteiger partial charge in [-0.3, -0.25) is 4.79 Å². The number of rotatable bonds is 6. The molecule has 1 aliphatic carbocycles. The lowest BCUT2D eigenvalue weighted by Gasteiger charge is -2.21. The van der Waals surface area contributed by atoms with Crippen LogP contribution in [0.3, 0.4) is 0 Å². The van der Waals surface area contributed by atoms with Crippen molar-refractivity contribution in [1.29, 1.82) is 0 Å². The number of benzene rings is 1. The van der Waals surface area contributed by atoms with Gasteiger partial charge in [-0.25, -0.2) is 0 Å². The highest BCUT2D eigenvalue weighted by atomic mass is 16.5. The molecule has 19 heavy (non-hydrogen) atoms. The van der Waals surface area contributed by atoms with E-state index >= 15 is 0 Å². The predicted molar refractivity (Wildman–Crippen MR) is 76.1 cm³/mol. The lowest BCUT2D eigenvalue weighted by Crippen LogP contribution is -2.30. The normalized spacial score (nSPS) is 16.2. The van der Waals surface area contributed by atoms with Crippen molar-refractivity contribution >= 4 is 5.91 Å². The fraction of sp³-hybridized carbons (Fsp3) is 0.562. The Balaban J connectivity index is 2.07. The first-order valence-corrected chi connectivity index (χ1v) is 7.04. The molecule has 2 rings (SSSR count). The van der Waals surface area contributed by atoms with Crippen molar-refractivity contribution in [3.8, 4) is 5.75 Å². The number of ether oxygens (including phenoxy) is 1. The Morgan fingerprint density at radius 1 is 1.32 bits per heavy atom. The first-order valence-electron chi connectivity index (χ1n) is 7.04. The van der Waals surface area contributed by atoms with Crippen LogP contribution in [-0.4, -0.2) is 13.0 Å². The summed E-state index contributed by atoms with van der Waals surface area (Å²) in [7, 11) is 1.66. The summed E-state index contributed by atoms with van der Waals surface area (Å²) in [5, 5.41) is 3.18. The Bertz CT molecular complexity index is 421. The molecule has 0 aromatic heterocycles. The van der Waals surface area contributed by atoms with Gasteiger partial charge in [-0.05, 0) is 42.9 Å². The molecule has 1 saturated carbocycles. The third-order valence-electron chi connectivity index (χ3n) is 3.49. The summed E-state index contributed by atoms with van der Waals surface area (Å²) in [6.45, 7) is 4.36. The summed E-state index contributed by atoms with van der Waals surface area (Å²) in [4.78, 5) is 12.0. The van der Waals surface area contributed by atoms with Crippen molar-refractivity contribution in [2.24, 2.45) is 11.8 Å². The van der Waals surface area contributed by atoms with Gasteiger partial charge in [0.2, 0.25) is 5.91 Å². The van der Waals surface area contributed by atoms with E-state index in [4.69, 9.17) is 4.74 Å². The molecule has 1 aliphatic rings. The molecule has 0 bridgehead atoms. The van der Waals surface area contributed by atoms with Gasteiger partial charge < -0.3 is 10.1 Å². The summed E-state index contributed by atoms with van der Waals surface area (Å²) in [5.41, 5.74) is 1.16. The number of carbonyl (C=O) groups is 1. The molecule has 1 N–H and O–H groups in total. The van der Waals surface area contributed by atoms with Gasteiger partial charge in [0.15, 0.2) is 0 Å². The van der Waals surface area contributed by atoms with Crippen molar-refractivity contribution in [3.63, 3.8) is 0 Å². The molecule has 1 amide bonds. The lowest BCUT2D eigenvalue weighted by atomic mass is 9.96.